The molecule has 51 heavy (non-hydrogen) atoms. The molecule has 0 unspecified atom stereocenters. The van der Waals surface area contributed by atoms with Crippen molar-refractivity contribution >= 4 is 21.0 Å². The molecule has 262 valence electrons. The number of hydrogen-bond acceptors (Lipinski definition) is 8. The summed E-state index contributed by atoms with van der Waals surface area (Å²) in [6, 6.07) is 42.4. The normalized spacial score (nSPS) is 11.3. The van der Waals surface area contributed by atoms with Gasteiger partial charge in [-0.1, -0.05) is 42.0 Å². The average Bonchev–Trinajstić information content (AvgIpc) is 3.11. The first-order valence-corrected chi connectivity index (χ1v) is 18.9. The van der Waals surface area contributed by atoms with Crippen molar-refractivity contribution in [3.05, 3.63) is 163 Å². The lowest BCUT2D eigenvalue weighted by atomic mass is 10.2. The molecule has 6 aromatic rings. The van der Waals surface area contributed by atoms with Gasteiger partial charge in [-0.25, -0.2) is 8.42 Å². The molecule has 0 aliphatic rings. The molecule has 6 rings (SSSR count). The predicted octanol–water partition coefficient (Wildman–Crippen LogP) is 8.81. The van der Waals surface area contributed by atoms with E-state index in [0.717, 1.165) is 44.0 Å². The minimum atomic E-state index is -4.27. The monoisotopic (exact) mass is 720 g/mol. The zero-order valence-corrected chi connectivity index (χ0v) is 30.6. The Hall–Kier alpha value is -5.16. The molecule has 0 amide bonds. The van der Waals surface area contributed by atoms with Crippen LogP contribution in [0.1, 0.15) is 37.7 Å². The molecule has 0 aliphatic carbocycles. The van der Waals surface area contributed by atoms with Crippen molar-refractivity contribution in [3.8, 4) is 17.2 Å². The highest BCUT2D eigenvalue weighted by atomic mass is 32.2. The Morgan fingerprint density at radius 1 is 0.608 bits per heavy atom. The summed E-state index contributed by atoms with van der Waals surface area (Å²) >= 11 is 0. The van der Waals surface area contributed by atoms with Crippen LogP contribution >= 0.6 is 0 Å². The van der Waals surface area contributed by atoms with Gasteiger partial charge in [-0.15, -0.1) is 0 Å². The van der Waals surface area contributed by atoms with Crippen molar-refractivity contribution in [3.63, 3.8) is 0 Å². The Morgan fingerprint density at radius 2 is 1.12 bits per heavy atom. The number of ether oxygens (including phenoxy) is 3. The number of benzene rings is 4. The van der Waals surface area contributed by atoms with Crippen LogP contribution in [-0.4, -0.2) is 28.5 Å². The Kier molecular flexibility index (Phi) is 12.5. The lowest BCUT2D eigenvalue weighted by Crippen LogP contribution is -2.22. The van der Waals surface area contributed by atoms with Gasteiger partial charge in [0.25, 0.3) is 0 Å². The molecule has 0 radical (unpaired) electrons. The molecule has 0 N–H and O–H groups in total. The predicted molar refractivity (Wildman–Crippen MR) is 198 cm³/mol. The van der Waals surface area contributed by atoms with Gasteiger partial charge in [0.2, 0.25) is 0 Å². The number of rotatable bonds is 11. The molecule has 8 nitrogen and oxygen atoms in total. The van der Waals surface area contributed by atoms with Gasteiger partial charge >= 0.3 is 0 Å². The summed E-state index contributed by atoms with van der Waals surface area (Å²) in [6.45, 7) is 8.80. The largest absolute Gasteiger partial charge is 0.744 e. The highest BCUT2D eigenvalue weighted by Crippen LogP contribution is 2.36. The third kappa shape index (κ3) is 11.7. The van der Waals surface area contributed by atoms with Crippen molar-refractivity contribution in [2.45, 2.75) is 66.1 Å². The molecule has 4 aromatic carbocycles. The standard InChI is InChI=1S/C34H33N2O3S.C7H8O3S/c1-34(2,3)39-28-16-18-31(19-17-28)40(32-14-8-12-29(22-32)37-24-26-10-4-6-20-35-26)33-15-9-13-30(23-33)38-25-27-11-5-7-21-36-27;1-6-2-4-7(5-3-6)11(8,9)10/h4-23H,24-25H2,1-3H3;2-5H,1H3,(H,8,9,10)/q+1;/p-1. The molecule has 0 aliphatic heterocycles. The first-order chi connectivity index (χ1) is 24.4. The van der Waals surface area contributed by atoms with E-state index in [1.165, 1.54) is 17.0 Å². The highest BCUT2D eigenvalue weighted by molar-refractivity contribution is 7.97. The van der Waals surface area contributed by atoms with E-state index in [1.807, 2.05) is 79.7 Å². The van der Waals surface area contributed by atoms with Gasteiger partial charge in [0.05, 0.1) is 27.2 Å². The fraction of sp³-hybridized carbons (Fsp3) is 0.171. The highest BCUT2D eigenvalue weighted by Gasteiger charge is 2.30. The fourth-order valence-electron chi connectivity index (χ4n) is 4.77. The van der Waals surface area contributed by atoms with Crippen LogP contribution < -0.4 is 14.2 Å². The summed E-state index contributed by atoms with van der Waals surface area (Å²) < 4.78 is 49.5. The SMILES string of the molecule is CC(C)(C)Oc1ccc([S+](c2cccc(OCc3ccccn3)c2)c2cccc(OCc3ccccn3)c2)cc1.Cc1ccc(S(=O)(=O)[O-])cc1. The number of aromatic nitrogens is 2. The Bertz CT molecular complexity index is 2000. The van der Waals surface area contributed by atoms with Crippen molar-refractivity contribution in [2.75, 3.05) is 0 Å². The molecular weight excluding hydrogens is 681 g/mol. The topological polar surface area (TPSA) is 111 Å². The van der Waals surface area contributed by atoms with Crippen LogP contribution in [0.5, 0.6) is 17.2 Å². The average molecular weight is 721 g/mol. The molecule has 0 saturated heterocycles. The third-order valence-electron chi connectivity index (χ3n) is 7.10. The smallest absolute Gasteiger partial charge is 0.170 e. The summed E-state index contributed by atoms with van der Waals surface area (Å²) in [4.78, 5) is 12.0. The van der Waals surface area contributed by atoms with E-state index in [9.17, 15) is 13.0 Å². The van der Waals surface area contributed by atoms with Crippen LogP contribution in [0.4, 0.5) is 0 Å². The molecule has 0 bridgehead atoms. The van der Waals surface area contributed by atoms with Gasteiger partial charge in [-0.3, -0.25) is 9.97 Å². The van der Waals surface area contributed by atoms with Crippen molar-refractivity contribution in [2.24, 2.45) is 0 Å². The maximum atomic E-state index is 10.4. The number of pyridine rings is 2. The second-order valence-corrected chi connectivity index (χ2v) is 15.8. The molecule has 2 aromatic heterocycles. The van der Waals surface area contributed by atoms with E-state index in [2.05, 4.69) is 67.1 Å². The molecular formula is C41H40N2O6S2. The lowest BCUT2D eigenvalue weighted by molar-refractivity contribution is 0.131. The van der Waals surface area contributed by atoms with Crippen LogP contribution in [0, 0.1) is 6.92 Å². The molecule has 0 fully saturated rings. The Morgan fingerprint density at radius 3 is 1.55 bits per heavy atom. The molecule has 0 spiro atoms. The molecule has 10 heteroatoms. The number of nitrogens with zero attached hydrogens (tertiary/aromatic N) is 2. The van der Waals surface area contributed by atoms with Crippen LogP contribution in [0.25, 0.3) is 0 Å². The zero-order valence-electron chi connectivity index (χ0n) is 28.9. The maximum Gasteiger partial charge on any atom is 0.170 e. The van der Waals surface area contributed by atoms with Gasteiger partial charge in [-0.05, 0) is 113 Å². The van der Waals surface area contributed by atoms with Gasteiger partial charge in [0, 0.05) is 24.5 Å². The number of aryl methyl sites for hydroxylation is 1. The Balaban J connectivity index is 0.000000392. The van der Waals surface area contributed by atoms with Gasteiger partial charge in [-0.2, -0.15) is 0 Å². The van der Waals surface area contributed by atoms with Crippen molar-refractivity contribution in [1.29, 1.82) is 0 Å². The van der Waals surface area contributed by atoms with E-state index < -0.39 is 21.0 Å². The van der Waals surface area contributed by atoms with Crippen LogP contribution in [0.2, 0.25) is 0 Å². The first-order valence-electron chi connectivity index (χ1n) is 16.2. The second kappa shape index (κ2) is 17.2. The lowest BCUT2D eigenvalue weighted by Gasteiger charge is -2.21. The zero-order chi connectivity index (χ0) is 36.3. The van der Waals surface area contributed by atoms with Gasteiger partial charge in [0.15, 0.2) is 14.7 Å². The summed E-state index contributed by atoms with van der Waals surface area (Å²) in [7, 11) is -4.68. The van der Waals surface area contributed by atoms with Crippen LogP contribution in [-0.2, 0) is 34.2 Å². The van der Waals surface area contributed by atoms with E-state index in [-0.39, 0.29) is 10.5 Å². The summed E-state index contributed by atoms with van der Waals surface area (Å²) in [5, 5.41) is 0. The summed E-state index contributed by atoms with van der Waals surface area (Å²) in [6.07, 6.45) is 3.56. The van der Waals surface area contributed by atoms with E-state index >= 15 is 0 Å². The molecule has 2 heterocycles. The fourth-order valence-corrected chi connectivity index (χ4v) is 7.37. The minimum Gasteiger partial charge on any atom is -0.744 e. The van der Waals surface area contributed by atoms with E-state index in [4.69, 9.17) is 14.2 Å². The first kappa shape index (κ1) is 37.1. The van der Waals surface area contributed by atoms with Crippen LogP contribution in [0.3, 0.4) is 0 Å². The van der Waals surface area contributed by atoms with E-state index in [1.54, 1.807) is 24.5 Å². The van der Waals surface area contributed by atoms with E-state index in [0.29, 0.717) is 13.2 Å². The minimum absolute atomic E-state index is 0.178. The molecule has 0 atom stereocenters. The maximum absolute atomic E-state index is 10.4. The van der Waals surface area contributed by atoms with Gasteiger partial charge < -0.3 is 18.8 Å². The summed E-state index contributed by atoms with van der Waals surface area (Å²) in [5.74, 6) is 2.45. The quantitative estimate of drug-likeness (QED) is 0.0965. The number of hydrogen-bond donors (Lipinski definition) is 0. The van der Waals surface area contributed by atoms with Gasteiger partial charge in [0.1, 0.15) is 46.2 Å². The van der Waals surface area contributed by atoms with Crippen molar-refractivity contribution in [1.82, 2.24) is 9.97 Å². The second-order valence-electron chi connectivity index (χ2n) is 12.4. The molecule has 0 saturated carbocycles. The van der Waals surface area contributed by atoms with Crippen molar-refractivity contribution < 1.29 is 27.2 Å². The Labute approximate surface area is 303 Å². The third-order valence-corrected chi connectivity index (χ3v) is 10.1. The van der Waals surface area contributed by atoms with Crippen LogP contribution in [0.15, 0.2) is 165 Å². The summed E-state index contributed by atoms with van der Waals surface area (Å²) in [5.41, 5.74) is 2.44.